The van der Waals surface area contributed by atoms with Gasteiger partial charge in [-0.15, -0.1) is 11.6 Å². The second-order valence-electron chi connectivity index (χ2n) is 8.46. The van der Waals surface area contributed by atoms with Crippen molar-refractivity contribution in [2.75, 3.05) is 26.4 Å². The van der Waals surface area contributed by atoms with Gasteiger partial charge in [0.15, 0.2) is 0 Å². The summed E-state index contributed by atoms with van der Waals surface area (Å²) in [6.45, 7) is 1.52. The van der Waals surface area contributed by atoms with Crippen LogP contribution in [0.15, 0.2) is 0 Å². The van der Waals surface area contributed by atoms with Crippen molar-refractivity contribution in [3.8, 4) is 0 Å². The van der Waals surface area contributed by atoms with Gasteiger partial charge < -0.3 is 31.3 Å². The summed E-state index contributed by atoms with van der Waals surface area (Å²) in [6.07, 6.45) is 3.19. The summed E-state index contributed by atoms with van der Waals surface area (Å²) in [4.78, 5) is 23.4. The third-order valence-electron chi connectivity index (χ3n) is 6.05. The Hall–Kier alpha value is -1.00. The SMILES string of the molecule is CC(Cl)C(NC(=O)C1CCC(CCCCF)CCN1)C(CC(O)CNC=O)C(O)CO. The monoisotopic (exact) mass is 467 g/mol. The van der Waals surface area contributed by atoms with Crippen molar-refractivity contribution >= 4 is 23.9 Å². The first kappa shape index (κ1) is 28.0. The fourth-order valence-corrected chi connectivity index (χ4v) is 4.49. The summed E-state index contributed by atoms with van der Waals surface area (Å²) < 4.78 is 12.3. The van der Waals surface area contributed by atoms with Crippen molar-refractivity contribution in [3.05, 3.63) is 0 Å². The number of aliphatic hydroxyl groups is 3. The molecule has 1 aliphatic heterocycles. The number of aliphatic hydroxyl groups excluding tert-OH is 3. The van der Waals surface area contributed by atoms with Crippen LogP contribution in [0, 0.1) is 11.8 Å². The highest BCUT2D eigenvalue weighted by molar-refractivity contribution is 6.21. The maximum atomic E-state index is 13.0. The molecular weight excluding hydrogens is 429 g/mol. The molecule has 1 saturated heterocycles. The van der Waals surface area contributed by atoms with Crippen molar-refractivity contribution in [2.45, 2.75) is 81.5 Å². The Morgan fingerprint density at radius 2 is 2.03 bits per heavy atom. The molecule has 0 aromatic carbocycles. The maximum Gasteiger partial charge on any atom is 0.237 e. The van der Waals surface area contributed by atoms with Crippen LogP contribution in [0.1, 0.15) is 51.9 Å². The summed E-state index contributed by atoms with van der Waals surface area (Å²) in [7, 11) is 0. The minimum atomic E-state index is -1.20. The summed E-state index contributed by atoms with van der Waals surface area (Å²) in [5.74, 6) is -0.481. The lowest BCUT2D eigenvalue weighted by Crippen LogP contribution is -2.55. The zero-order valence-corrected chi connectivity index (χ0v) is 19.1. The van der Waals surface area contributed by atoms with Crippen LogP contribution >= 0.6 is 11.6 Å². The van der Waals surface area contributed by atoms with Crippen molar-refractivity contribution in [1.29, 1.82) is 0 Å². The first-order valence-electron chi connectivity index (χ1n) is 11.2. The zero-order valence-electron chi connectivity index (χ0n) is 18.3. The topological polar surface area (TPSA) is 131 Å². The first-order valence-corrected chi connectivity index (χ1v) is 11.6. The van der Waals surface area contributed by atoms with E-state index in [9.17, 15) is 29.3 Å². The predicted octanol–water partition coefficient (Wildman–Crippen LogP) is 0.463. The molecule has 7 atom stereocenters. The van der Waals surface area contributed by atoms with Gasteiger partial charge in [-0.25, -0.2) is 0 Å². The minimum absolute atomic E-state index is 0.0105. The van der Waals surface area contributed by atoms with Crippen LogP contribution in [0.3, 0.4) is 0 Å². The van der Waals surface area contributed by atoms with Crippen LogP contribution in [0.2, 0.25) is 0 Å². The number of alkyl halides is 2. The van der Waals surface area contributed by atoms with E-state index in [1.54, 1.807) is 6.92 Å². The molecule has 2 amide bonds. The lowest BCUT2D eigenvalue weighted by Gasteiger charge is -2.35. The van der Waals surface area contributed by atoms with E-state index in [1.165, 1.54) is 0 Å². The second-order valence-corrected chi connectivity index (χ2v) is 9.15. The molecule has 31 heavy (non-hydrogen) atoms. The molecular formula is C21H39ClFN3O5. The molecule has 8 nitrogen and oxygen atoms in total. The molecule has 1 aliphatic rings. The van der Waals surface area contributed by atoms with E-state index in [0.717, 1.165) is 25.7 Å². The molecule has 0 aliphatic carbocycles. The Bertz CT molecular complexity index is 517. The van der Waals surface area contributed by atoms with Gasteiger partial charge in [-0.1, -0.05) is 12.8 Å². The predicted molar refractivity (Wildman–Crippen MR) is 117 cm³/mol. The molecule has 7 unspecified atom stereocenters. The highest BCUT2D eigenvalue weighted by Crippen LogP contribution is 2.24. The largest absolute Gasteiger partial charge is 0.394 e. The summed E-state index contributed by atoms with van der Waals surface area (Å²) in [5.41, 5.74) is 0. The summed E-state index contributed by atoms with van der Waals surface area (Å²) in [5, 5.41) is 37.9. The number of nitrogens with one attached hydrogen (secondary N) is 3. The highest BCUT2D eigenvalue weighted by Gasteiger charge is 2.35. The standard InChI is InChI=1S/C21H39ClFN3O5/c1-14(22)20(17(19(30)12-27)10-16(29)11-24-13-28)26-21(31)18-6-5-15(7-9-25-18)4-2-3-8-23/h13-20,25,27,29-30H,2-12H2,1H3,(H,24,28)(H,26,31). The Morgan fingerprint density at radius 3 is 2.65 bits per heavy atom. The van der Waals surface area contributed by atoms with Crippen molar-refractivity contribution in [3.63, 3.8) is 0 Å². The lowest BCUT2D eigenvalue weighted by molar-refractivity contribution is -0.125. The molecule has 6 N–H and O–H groups in total. The van der Waals surface area contributed by atoms with Gasteiger partial charge in [0.25, 0.3) is 0 Å². The maximum absolute atomic E-state index is 13.0. The van der Waals surface area contributed by atoms with Crippen LogP contribution in [0.25, 0.3) is 0 Å². The molecule has 0 spiro atoms. The fourth-order valence-electron chi connectivity index (χ4n) is 4.24. The molecule has 1 heterocycles. The first-order chi connectivity index (χ1) is 14.8. The number of carbonyl (C=O) groups excluding carboxylic acids is 2. The van der Waals surface area contributed by atoms with Gasteiger partial charge >= 0.3 is 0 Å². The summed E-state index contributed by atoms with van der Waals surface area (Å²) in [6, 6.07) is -1.09. The van der Waals surface area contributed by atoms with Gasteiger partial charge in [0.1, 0.15) is 0 Å². The molecule has 1 fully saturated rings. The number of amides is 2. The fraction of sp³-hybridized carbons (Fsp3) is 0.905. The molecule has 0 aromatic rings. The van der Waals surface area contributed by atoms with E-state index in [0.29, 0.717) is 31.7 Å². The number of carbonyl (C=O) groups is 2. The van der Waals surface area contributed by atoms with Crippen LogP contribution in [0.5, 0.6) is 0 Å². The molecule has 0 aromatic heterocycles. The van der Waals surface area contributed by atoms with Crippen molar-refractivity contribution in [1.82, 2.24) is 16.0 Å². The van der Waals surface area contributed by atoms with Gasteiger partial charge in [-0.05, 0) is 51.5 Å². The molecule has 1 rings (SSSR count). The third kappa shape index (κ3) is 10.4. The zero-order chi connectivity index (χ0) is 23.2. The van der Waals surface area contributed by atoms with E-state index >= 15 is 0 Å². The van der Waals surface area contributed by atoms with E-state index in [1.807, 2.05) is 0 Å². The van der Waals surface area contributed by atoms with Crippen LogP contribution < -0.4 is 16.0 Å². The number of halogens is 2. The minimum Gasteiger partial charge on any atom is -0.394 e. The average Bonchev–Trinajstić information content (AvgIpc) is 2.99. The Morgan fingerprint density at radius 1 is 1.29 bits per heavy atom. The van der Waals surface area contributed by atoms with Crippen molar-refractivity contribution < 1.29 is 29.3 Å². The molecule has 0 saturated carbocycles. The van der Waals surface area contributed by atoms with Gasteiger partial charge in [-0.3, -0.25) is 14.0 Å². The van der Waals surface area contributed by atoms with Crippen LogP contribution in [-0.2, 0) is 9.59 Å². The molecule has 0 radical (unpaired) electrons. The van der Waals surface area contributed by atoms with Crippen molar-refractivity contribution in [2.24, 2.45) is 11.8 Å². The molecule has 10 heteroatoms. The highest BCUT2D eigenvalue weighted by atomic mass is 35.5. The van der Waals surface area contributed by atoms with Crippen LogP contribution in [0.4, 0.5) is 4.39 Å². The van der Waals surface area contributed by atoms with E-state index in [4.69, 9.17) is 11.6 Å². The van der Waals surface area contributed by atoms with Gasteiger partial charge in [-0.2, -0.15) is 0 Å². The van der Waals surface area contributed by atoms with E-state index in [-0.39, 0.29) is 25.5 Å². The summed E-state index contributed by atoms with van der Waals surface area (Å²) >= 11 is 6.32. The normalized spacial score (nSPS) is 24.3. The Labute approximate surface area is 189 Å². The Balaban J connectivity index is 2.75. The number of hydrogen-bond donors (Lipinski definition) is 6. The average molecular weight is 468 g/mol. The van der Waals surface area contributed by atoms with E-state index < -0.39 is 42.2 Å². The quantitative estimate of drug-likeness (QED) is 0.118. The number of hydrogen-bond acceptors (Lipinski definition) is 6. The smallest absolute Gasteiger partial charge is 0.237 e. The lowest BCUT2D eigenvalue weighted by atomic mass is 9.86. The number of unbranched alkanes of at least 4 members (excludes halogenated alkanes) is 1. The van der Waals surface area contributed by atoms with Crippen LogP contribution in [-0.4, -0.2) is 83.7 Å². The number of rotatable bonds is 15. The van der Waals surface area contributed by atoms with Gasteiger partial charge in [0.05, 0.1) is 43.0 Å². The van der Waals surface area contributed by atoms with Gasteiger partial charge in [0, 0.05) is 12.5 Å². The van der Waals surface area contributed by atoms with Gasteiger partial charge in [0.2, 0.25) is 12.3 Å². The third-order valence-corrected chi connectivity index (χ3v) is 6.32. The second kappa shape index (κ2) is 15.7. The molecule has 182 valence electrons. The van der Waals surface area contributed by atoms with E-state index in [2.05, 4.69) is 16.0 Å². The Kier molecular flexibility index (Phi) is 14.2. The molecule has 0 bridgehead atoms.